The van der Waals surface area contributed by atoms with Crippen LogP contribution in [0.2, 0.25) is 5.02 Å². The first kappa shape index (κ1) is 23.3. The number of nitrogens with one attached hydrogen (secondary N) is 1. The normalized spacial score (nSPS) is 14.3. The number of benzene rings is 2. The number of methoxy groups -OCH3 is 2. The van der Waals surface area contributed by atoms with Crippen molar-refractivity contribution < 1.29 is 19.1 Å². The highest BCUT2D eigenvalue weighted by Gasteiger charge is 2.21. The van der Waals surface area contributed by atoms with Crippen LogP contribution in [-0.4, -0.2) is 75.2 Å². The largest absolute Gasteiger partial charge is 0.493 e. The van der Waals surface area contributed by atoms with Crippen molar-refractivity contribution in [2.24, 2.45) is 0 Å². The molecule has 1 aliphatic heterocycles. The Morgan fingerprint density at radius 3 is 2.42 bits per heavy atom. The van der Waals surface area contributed by atoms with Crippen LogP contribution in [0.3, 0.4) is 0 Å². The maximum absolute atomic E-state index is 12.4. The molecule has 1 aromatic heterocycles. The Morgan fingerprint density at radius 2 is 1.76 bits per heavy atom. The van der Waals surface area contributed by atoms with E-state index in [4.69, 9.17) is 21.3 Å². The van der Waals surface area contributed by atoms with E-state index >= 15 is 0 Å². The molecule has 3 aromatic rings. The lowest BCUT2D eigenvalue weighted by molar-refractivity contribution is 0.0600. The number of carbonyl (C=O) groups is 2. The number of carbonyl (C=O) groups excluding carboxylic acids is 2. The monoisotopic (exact) mass is 488 g/mol. The maximum atomic E-state index is 12.4. The minimum Gasteiger partial charge on any atom is -0.493 e. The smallest absolute Gasteiger partial charge is 0.337 e. The molecule has 0 saturated carbocycles. The fraction of sp³-hybridized carbons (Fsp3) is 0.348. The molecule has 1 saturated heterocycles. The van der Waals surface area contributed by atoms with Gasteiger partial charge in [0.1, 0.15) is 5.52 Å². The molecular formula is C23H25ClN4O4S. The summed E-state index contributed by atoms with van der Waals surface area (Å²) in [6, 6.07) is 10.2. The fourth-order valence-corrected chi connectivity index (χ4v) is 4.98. The van der Waals surface area contributed by atoms with Crippen molar-refractivity contribution in [3.05, 3.63) is 52.5 Å². The third-order valence-corrected chi connectivity index (χ3v) is 6.96. The van der Waals surface area contributed by atoms with Crippen LogP contribution < -0.4 is 15.0 Å². The lowest BCUT2D eigenvalue weighted by atomic mass is 10.1. The Labute approximate surface area is 201 Å². The quantitative estimate of drug-likeness (QED) is 0.511. The van der Waals surface area contributed by atoms with Crippen molar-refractivity contribution in [3.8, 4) is 5.75 Å². The molecule has 8 nitrogen and oxygen atoms in total. The van der Waals surface area contributed by atoms with E-state index in [1.54, 1.807) is 42.7 Å². The first-order chi connectivity index (χ1) is 16.0. The Bertz CT molecular complexity index is 1140. The van der Waals surface area contributed by atoms with E-state index in [2.05, 4.69) is 19.9 Å². The predicted octanol–water partition coefficient (Wildman–Crippen LogP) is 3.30. The average molecular weight is 489 g/mol. The Morgan fingerprint density at radius 1 is 1.06 bits per heavy atom. The van der Waals surface area contributed by atoms with Gasteiger partial charge in [-0.1, -0.05) is 22.9 Å². The summed E-state index contributed by atoms with van der Waals surface area (Å²) in [5, 5.41) is 4.47. The van der Waals surface area contributed by atoms with Gasteiger partial charge in [-0.3, -0.25) is 9.69 Å². The van der Waals surface area contributed by atoms with E-state index in [-0.39, 0.29) is 5.91 Å². The van der Waals surface area contributed by atoms with E-state index in [0.29, 0.717) is 28.4 Å². The highest BCUT2D eigenvalue weighted by Crippen LogP contribution is 2.38. The molecule has 4 rings (SSSR count). The van der Waals surface area contributed by atoms with Gasteiger partial charge in [0.2, 0.25) is 0 Å². The van der Waals surface area contributed by atoms with Crippen LogP contribution in [-0.2, 0) is 4.74 Å². The van der Waals surface area contributed by atoms with Gasteiger partial charge in [-0.15, -0.1) is 0 Å². The molecule has 1 amide bonds. The molecule has 174 valence electrons. The molecule has 1 aliphatic rings. The number of fused-ring (bicyclic) bond motifs is 1. The van der Waals surface area contributed by atoms with Crippen LogP contribution in [0.15, 0.2) is 36.4 Å². The van der Waals surface area contributed by atoms with Crippen LogP contribution in [0, 0.1) is 0 Å². The molecule has 0 bridgehead atoms. The summed E-state index contributed by atoms with van der Waals surface area (Å²) in [6.07, 6.45) is 0. The van der Waals surface area contributed by atoms with Crippen molar-refractivity contribution in [1.29, 1.82) is 0 Å². The zero-order valence-corrected chi connectivity index (χ0v) is 20.0. The Balaban J connectivity index is 1.26. The molecule has 0 unspecified atom stereocenters. The molecule has 0 aliphatic carbocycles. The average Bonchev–Trinajstić information content (AvgIpc) is 3.28. The third-order valence-electron chi connectivity index (χ3n) is 5.58. The second-order valence-corrected chi connectivity index (χ2v) is 8.99. The van der Waals surface area contributed by atoms with Gasteiger partial charge in [0.25, 0.3) is 5.91 Å². The third kappa shape index (κ3) is 5.21. The molecule has 10 heteroatoms. The molecule has 33 heavy (non-hydrogen) atoms. The topological polar surface area (TPSA) is 84.0 Å². The Hall–Kier alpha value is -2.88. The molecule has 2 heterocycles. The number of thiazole rings is 1. The maximum Gasteiger partial charge on any atom is 0.337 e. The van der Waals surface area contributed by atoms with Gasteiger partial charge in [0.05, 0.1) is 29.5 Å². The number of ether oxygens (including phenoxy) is 2. The standard InChI is InChI=1S/C23H25ClN4O4S/c1-31-20-17(24)7-8-18-19(20)26-23(33-18)28-13-11-27(12-14-28)10-9-25-21(29)15-3-5-16(6-4-15)22(30)32-2/h3-8H,9-14H2,1-2H3,(H,25,29). The summed E-state index contributed by atoms with van der Waals surface area (Å²) in [5.74, 6) is 0.0352. The van der Waals surface area contributed by atoms with Gasteiger partial charge >= 0.3 is 5.97 Å². The number of amides is 1. The number of esters is 1. The van der Waals surface area contributed by atoms with Crippen molar-refractivity contribution in [1.82, 2.24) is 15.2 Å². The van der Waals surface area contributed by atoms with Gasteiger partial charge in [-0.2, -0.15) is 0 Å². The van der Waals surface area contributed by atoms with Gasteiger partial charge < -0.3 is 19.7 Å². The van der Waals surface area contributed by atoms with E-state index in [9.17, 15) is 9.59 Å². The number of halogens is 1. The van der Waals surface area contributed by atoms with Crippen molar-refractivity contribution in [2.45, 2.75) is 0 Å². The summed E-state index contributed by atoms with van der Waals surface area (Å²) in [4.78, 5) is 33.2. The molecule has 0 atom stereocenters. The minimum absolute atomic E-state index is 0.160. The lowest BCUT2D eigenvalue weighted by Crippen LogP contribution is -2.48. The number of rotatable bonds is 7. The number of nitrogens with zero attached hydrogens (tertiary/aromatic N) is 3. The summed E-state index contributed by atoms with van der Waals surface area (Å²) >= 11 is 7.86. The SMILES string of the molecule is COC(=O)c1ccc(C(=O)NCCN2CCN(c3nc4c(OC)c(Cl)ccc4s3)CC2)cc1. The summed E-state index contributed by atoms with van der Waals surface area (Å²) in [5.41, 5.74) is 1.73. The molecule has 0 spiro atoms. The second-order valence-electron chi connectivity index (χ2n) is 7.58. The first-order valence-corrected chi connectivity index (χ1v) is 11.8. The van der Waals surface area contributed by atoms with Crippen LogP contribution >= 0.6 is 22.9 Å². The van der Waals surface area contributed by atoms with Crippen molar-refractivity contribution in [2.75, 3.05) is 58.4 Å². The van der Waals surface area contributed by atoms with Gasteiger partial charge in [0.15, 0.2) is 10.9 Å². The Kier molecular flexibility index (Phi) is 7.32. The number of hydrogen-bond donors (Lipinski definition) is 1. The van der Waals surface area contributed by atoms with Gasteiger partial charge in [0, 0.05) is 44.8 Å². The number of aromatic nitrogens is 1. The predicted molar refractivity (Wildman–Crippen MR) is 130 cm³/mol. The molecular weight excluding hydrogens is 464 g/mol. The zero-order chi connectivity index (χ0) is 23.4. The molecule has 1 fully saturated rings. The summed E-state index contributed by atoms with van der Waals surface area (Å²) in [6.45, 7) is 4.81. The number of piperazine rings is 1. The zero-order valence-electron chi connectivity index (χ0n) is 18.5. The highest BCUT2D eigenvalue weighted by molar-refractivity contribution is 7.22. The lowest BCUT2D eigenvalue weighted by Gasteiger charge is -2.34. The number of anilines is 1. The van der Waals surface area contributed by atoms with Gasteiger partial charge in [-0.25, -0.2) is 9.78 Å². The van der Waals surface area contributed by atoms with Crippen molar-refractivity contribution >= 4 is 50.2 Å². The van der Waals surface area contributed by atoms with Crippen LogP contribution in [0.25, 0.3) is 10.2 Å². The van der Waals surface area contributed by atoms with Crippen LogP contribution in [0.4, 0.5) is 5.13 Å². The second kappa shape index (κ2) is 10.4. The van der Waals surface area contributed by atoms with Crippen LogP contribution in [0.1, 0.15) is 20.7 Å². The van der Waals surface area contributed by atoms with E-state index in [0.717, 1.165) is 48.1 Å². The molecule has 1 N–H and O–H groups in total. The molecule has 2 aromatic carbocycles. The van der Waals surface area contributed by atoms with E-state index in [1.807, 2.05) is 12.1 Å². The number of hydrogen-bond acceptors (Lipinski definition) is 8. The van der Waals surface area contributed by atoms with E-state index < -0.39 is 5.97 Å². The summed E-state index contributed by atoms with van der Waals surface area (Å²) < 4.78 is 11.1. The summed E-state index contributed by atoms with van der Waals surface area (Å²) in [7, 11) is 2.93. The first-order valence-electron chi connectivity index (χ1n) is 10.6. The molecule has 0 radical (unpaired) electrons. The van der Waals surface area contributed by atoms with Gasteiger partial charge in [-0.05, 0) is 36.4 Å². The van der Waals surface area contributed by atoms with Crippen LogP contribution in [0.5, 0.6) is 5.75 Å². The van der Waals surface area contributed by atoms with E-state index in [1.165, 1.54) is 7.11 Å². The van der Waals surface area contributed by atoms with Crippen molar-refractivity contribution in [3.63, 3.8) is 0 Å². The fourth-order valence-electron chi connectivity index (χ4n) is 3.73. The highest BCUT2D eigenvalue weighted by atomic mass is 35.5. The minimum atomic E-state index is -0.421.